The van der Waals surface area contributed by atoms with Crippen LogP contribution in [0.2, 0.25) is 0 Å². The van der Waals surface area contributed by atoms with Gasteiger partial charge < -0.3 is 10.0 Å². The molecule has 0 radical (unpaired) electrons. The summed E-state index contributed by atoms with van der Waals surface area (Å²) in [6.07, 6.45) is 1.05. The Bertz CT molecular complexity index is 961. The molecule has 0 spiro atoms. The van der Waals surface area contributed by atoms with Crippen LogP contribution in [0.5, 0.6) is 0 Å². The molecule has 2 aromatic rings. The van der Waals surface area contributed by atoms with E-state index in [0.717, 1.165) is 22.2 Å². The number of nitrogens with one attached hydrogen (secondary N) is 1. The number of aryl methyl sites for hydroxylation is 1. The molecule has 0 saturated carbocycles. The number of aromatic nitrogens is 1. The van der Waals surface area contributed by atoms with Gasteiger partial charge in [0.05, 0.1) is 12.1 Å². The average molecular weight is 355 g/mol. The van der Waals surface area contributed by atoms with Gasteiger partial charge in [-0.25, -0.2) is 4.79 Å². The van der Waals surface area contributed by atoms with Gasteiger partial charge in [0.2, 0.25) is 11.8 Å². The Morgan fingerprint density at radius 1 is 1.23 bits per heavy atom. The van der Waals surface area contributed by atoms with Crippen LogP contribution in [0.3, 0.4) is 0 Å². The van der Waals surface area contributed by atoms with Gasteiger partial charge in [-0.3, -0.25) is 24.3 Å². The van der Waals surface area contributed by atoms with Crippen molar-refractivity contribution in [3.05, 3.63) is 35.5 Å². The van der Waals surface area contributed by atoms with E-state index in [1.165, 1.54) is 4.90 Å². The lowest BCUT2D eigenvalue weighted by atomic mass is 10.0. The molecule has 3 heterocycles. The van der Waals surface area contributed by atoms with Crippen molar-refractivity contribution >= 4 is 34.7 Å². The number of carbonyl (C=O) groups excluding carboxylic acids is 3. The van der Waals surface area contributed by atoms with Gasteiger partial charge in [0.25, 0.3) is 0 Å². The summed E-state index contributed by atoms with van der Waals surface area (Å²) in [4.78, 5) is 48.4. The average Bonchev–Trinajstić information content (AvgIpc) is 3.09. The summed E-state index contributed by atoms with van der Waals surface area (Å²) in [6.45, 7) is 0.310. The summed E-state index contributed by atoms with van der Waals surface area (Å²) < 4.78 is 1.58. The van der Waals surface area contributed by atoms with Crippen LogP contribution in [0, 0.1) is 0 Å². The molecule has 1 unspecified atom stereocenters. The Balaban J connectivity index is 1.60. The van der Waals surface area contributed by atoms with Gasteiger partial charge in [-0.1, -0.05) is 6.07 Å². The van der Waals surface area contributed by atoms with E-state index in [2.05, 4.69) is 5.32 Å². The number of aliphatic carboxylic acids is 1. The quantitative estimate of drug-likeness (QED) is 0.802. The molecule has 8 nitrogen and oxygen atoms in total. The van der Waals surface area contributed by atoms with E-state index in [9.17, 15) is 19.2 Å². The van der Waals surface area contributed by atoms with Gasteiger partial charge in [-0.15, -0.1) is 0 Å². The van der Waals surface area contributed by atoms with E-state index >= 15 is 0 Å². The summed E-state index contributed by atoms with van der Waals surface area (Å²) in [5, 5.41) is 12.0. The molecule has 2 N–H and O–H groups in total. The second kappa shape index (κ2) is 5.98. The lowest BCUT2D eigenvalue weighted by Gasteiger charge is -2.28. The third-order valence-electron chi connectivity index (χ3n) is 4.93. The van der Waals surface area contributed by atoms with Crippen LogP contribution in [0.15, 0.2) is 24.3 Å². The molecule has 1 aromatic heterocycles. The monoisotopic (exact) mass is 355 g/mol. The molecule has 2 aliphatic rings. The molecule has 1 aromatic carbocycles. The Morgan fingerprint density at radius 2 is 2.04 bits per heavy atom. The zero-order chi connectivity index (χ0) is 18.4. The van der Waals surface area contributed by atoms with E-state index in [1.807, 2.05) is 24.3 Å². The van der Waals surface area contributed by atoms with Crippen LogP contribution in [0.25, 0.3) is 10.9 Å². The summed E-state index contributed by atoms with van der Waals surface area (Å²) in [5.74, 6) is -1.59. The third-order valence-corrected chi connectivity index (χ3v) is 4.93. The van der Waals surface area contributed by atoms with Crippen LogP contribution >= 0.6 is 0 Å². The zero-order valence-electron chi connectivity index (χ0n) is 13.9. The fourth-order valence-corrected chi connectivity index (χ4v) is 3.66. The van der Waals surface area contributed by atoms with Gasteiger partial charge in [0, 0.05) is 23.9 Å². The van der Waals surface area contributed by atoms with Crippen molar-refractivity contribution in [3.8, 4) is 0 Å². The van der Waals surface area contributed by atoms with E-state index in [0.29, 0.717) is 19.4 Å². The second-order valence-corrected chi connectivity index (χ2v) is 6.64. The number of fused-ring (bicyclic) bond motifs is 3. The van der Waals surface area contributed by atoms with E-state index in [1.54, 1.807) is 4.57 Å². The number of imide groups is 1. The Kier molecular flexibility index (Phi) is 3.75. The number of nitrogens with zero attached hydrogens (tertiary/aromatic N) is 2. The number of carboxylic acid groups (broad SMARTS) is 1. The van der Waals surface area contributed by atoms with Crippen molar-refractivity contribution < 1.29 is 24.3 Å². The molecule has 3 amide bonds. The first-order valence-electron chi connectivity index (χ1n) is 8.44. The highest BCUT2D eigenvalue weighted by Crippen LogP contribution is 2.30. The number of piperidine rings is 1. The minimum Gasteiger partial charge on any atom is -0.481 e. The van der Waals surface area contributed by atoms with Crippen molar-refractivity contribution in [2.24, 2.45) is 0 Å². The van der Waals surface area contributed by atoms with Crippen LogP contribution < -0.4 is 5.32 Å². The number of amides is 3. The first kappa shape index (κ1) is 16.3. The molecule has 1 atom stereocenters. The predicted molar refractivity (Wildman–Crippen MR) is 90.4 cm³/mol. The van der Waals surface area contributed by atoms with Crippen molar-refractivity contribution in [3.63, 3.8) is 0 Å². The Labute approximate surface area is 148 Å². The standard InChI is InChI=1S/C18H17N3O5/c22-15-5-4-14(17(25)19-15)20-9-12-8-11-7-10(2-6-16(23)24)1-3-13(11)21(12)18(20)26/h1,3,7-8,14H,2,4-6,9H2,(H,23,24)(H,19,22,25). The summed E-state index contributed by atoms with van der Waals surface area (Å²) >= 11 is 0. The van der Waals surface area contributed by atoms with Crippen LogP contribution in [-0.2, 0) is 27.3 Å². The van der Waals surface area contributed by atoms with Gasteiger partial charge in [0.15, 0.2) is 0 Å². The molecule has 0 aliphatic carbocycles. The van der Waals surface area contributed by atoms with E-state index in [-0.39, 0.29) is 24.8 Å². The van der Waals surface area contributed by atoms with Crippen molar-refractivity contribution in [1.29, 1.82) is 0 Å². The maximum Gasteiger partial charge on any atom is 0.329 e. The number of carboxylic acids is 1. The summed E-state index contributed by atoms with van der Waals surface area (Å²) in [7, 11) is 0. The first-order chi connectivity index (χ1) is 12.4. The summed E-state index contributed by atoms with van der Waals surface area (Å²) in [5.41, 5.74) is 2.42. The zero-order valence-corrected chi connectivity index (χ0v) is 13.9. The predicted octanol–water partition coefficient (Wildman–Crippen LogP) is 1.25. The fourth-order valence-electron chi connectivity index (χ4n) is 3.66. The molecule has 2 aliphatic heterocycles. The lowest BCUT2D eigenvalue weighted by molar-refractivity contribution is -0.138. The summed E-state index contributed by atoms with van der Waals surface area (Å²) in [6, 6.07) is 6.51. The topological polar surface area (TPSA) is 109 Å². The minimum absolute atomic E-state index is 0.0568. The smallest absolute Gasteiger partial charge is 0.329 e. The maximum absolute atomic E-state index is 12.8. The Morgan fingerprint density at radius 3 is 2.77 bits per heavy atom. The van der Waals surface area contributed by atoms with Gasteiger partial charge in [-0.2, -0.15) is 0 Å². The first-order valence-corrected chi connectivity index (χ1v) is 8.44. The molecular weight excluding hydrogens is 338 g/mol. The highest BCUT2D eigenvalue weighted by atomic mass is 16.4. The van der Waals surface area contributed by atoms with Crippen molar-refractivity contribution in [2.75, 3.05) is 0 Å². The maximum atomic E-state index is 12.8. The number of hydrogen-bond donors (Lipinski definition) is 2. The number of carbonyl (C=O) groups is 4. The second-order valence-electron chi connectivity index (χ2n) is 6.64. The third kappa shape index (κ3) is 2.63. The molecule has 1 fully saturated rings. The van der Waals surface area contributed by atoms with Crippen LogP contribution in [-0.4, -0.2) is 44.4 Å². The minimum atomic E-state index is -0.848. The molecule has 8 heteroatoms. The Hall–Kier alpha value is -3.16. The normalized spacial score (nSPS) is 19.8. The lowest BCUT2D eigenvalue weighted by Crippen LogP contribution is -2.52. The van der Waals surface area contributed by atoms with Gasteiger partial charge in [-0.05, 0) is 36.6 Å². The van der Waals surface area contributed by atoms with Crippen LogP contribution in [0.1, 0.15) is 30.5 Å². The molecular formula is C18H17N3O5. The number of rotatable bonds is 4. The van der Waals surface area contributed by atoms with Gasteiger partial charge in [0.1, 0.15) is 6.04 Å². The van der Waals surface area contributed by atoms with Crippen LogP contribution in [0.4, 0.5) is 4.79 Å². The van der Waals surface area contributed by atoms with Gasteiger partial charge >= 0.3 is 12.0 Å². The van der Waals surface area contributed by atoms with E-state index < -0.39 is 17.9 Å². The highest BCUT2D eigenvalue weighted by Gasteiger charge is 2.39. The van der Waals surface area contributed by atoms with E-state index in [4.69, 9.17) is 5.11 Å². The largest absolute Gasteiger partial charge is 0.481 e. The molecule has 4 rings (SSSR count). The molecule has 0 bridgehead atoms. The molecule has 134 valence electrons. The van der Waals surface area contributed by atoms with Crippen molar-refractivity contribution in [2.45, 2.75) is 38.3 Å². The molecule has 1 saturated heterocycles. The fraction of sp³-hybridized carbons (Fsp3) is 0.333. The number of benzene rings is 1. The number of hydrogen-bond acceptors (Lipinski definition) is 4. The highest BCUT2D eigenvalue weighted by molar-refractivity contribution is 6.03. The SMILES string of the molecule is O=C(O)CCc1ccc2c(c1)cc1n2C(=O)N(C2CCC(=O)NC2=O)C1. The molecule has 26 heavy (non-hydrogen) atoms. The van der Waals surface area contributed by atoms with Crippen molar-refractivity contribution in [1.82, 2.24) is 14.8 Å².